The molecule has 3 nitrogen and oxygen atoms in total. The van der Waals surface area contributed by atoms with Crippen molar-refractivity contribution >= 4 is 22.6 Å². The fraction of sp³-hybridized carbons (Fsp3) is 0. The van der Waals surface area contributed by atoms with E-state index in [0.717, 1.165) is 23.4 Å². The van der Waals surface area contributed by atoms with Gasteiger partial charge in [0.15, 0.2) is 0 Å². The van der Waals surface area contributed by atoms with E-state index >= 15 is 0 Å². The molecule has 0 radical (unpaired) electrons. The lowest BCUT2D eigenvalue weighted by Crippen LogP contribution is -1.94. The van der Waals surface area contributed by atoms with Crippen molar-refractivity contribution in [2.24, 2.45) is 0 Å². The van der Waals surface area contributed by atoms with Gasteiger partial charge in [0.2, 0.25) is 0 Å². The lowest BCUT2D eigenvalue weighted by molar-refractivity contribution is 0.586. The van der Waals surface area contributed by atoms with E-state index in [1.54, 1.807) is 0 Å². The average Bonchev–Trinajstić information content (AvgIpc) is 3.08. The van der Waals surface area contributed by atoms with Crippen LogP contribution in [0.15, 0.2) is 60.1 Å². The van der Waals surface area contributed by atoms with Gasteiger partial charge in [0, 0.05) is 23.2 Å². The van der Waals surface area contributed by atoms with E-state index in [1.807, 2.05) is 41.8 Å². The second-order valence-electron chi connectivity index (χ2n) is 4.84. The van der Waals surface area contributed by atoms with Crippen molar-refractivity contribution in [2.75, 3.05) is 5.32 Å². The number of rotatable bonds is 4. The number of halogens is 2. The molecular formula is C18H11F2N3S. The summed E-state index contributed by atoms with van der Waals surface area (Å²) in [5.74, 6) is -1.39. The van der Waals surface area contributed by atoms with Crippen LogP contribution < -0.4 is 5.32 Å². The minimum absolute atomic E-state index is 0.0870. The van der Waals surface area contributed by atoms with Gasteiger partial charge >= 0.3 is 0 Å². The first-order valence-electron chi connectivity index (χ1n) is 7.00. The first-order chi connectivity index (χ1) is 11.7. The molecule has 2 aromatic carbocycles. The Bertz CT molecular complexity index is 927. The van der Waals surface area contributed by atoms with E-state index < -0.39 is 11.6 Å². The second-order valence-corrected chi connectivity index (χ2v) is 5.70. The standard InChI is InChI=1S/C18H11F2N3S/c19-14-6-7-16(15(20)8-14)22-10-13(9-21)18-23-17(11-24-18)12-4-2-1-3-5-12/h1-8,10-11,22H. The lowest BCUT2D eigenvalue weighted by Gasteiger charge is -2.03. The highest BCUT2D eigenvalue weighted by atomic mass is 32.1. The van der Waals surface area contributed by atoms with Gasteiger partial charge in [-0.2, -0.15) is 5.26 Å². The number of hydrogen-bond donors (Lipinski definition) is 1. The number of nitrogens with zero attached hydrogens (tertiary/aromatic N) is 2. The molecule has 0 spiro atoms. The maximum absolute atomic E-state index is 13.6. The van der Waals surface area contributed by atoms with Crippen LogP contribution in [0.5, 0.6) is 0 Å². The number of allylic oxidation sites excluding steroid dienone is 1. The lowest BCUT2D eigenvalue weighted by atomic mass is 10.2. The van der Waals surface area contributed by atoms with Crippen molar-refractivity contribution in [1.82, 2.24) is 4.98 Å². The summed E-state index contributed by atoms with van der Waals surface area (Å²) >= 11 is 1.32. The molecule has 0 aliphatic heterocycles. The zero-order chi connectivity index (χ0) is 16.9. The monoisotopic (exact) mass is 339 g/mol. The minimum Gasteiger partial charge on any atom is -0.358 e. The van der Waals surface area contributed by atoms with Gasteiger partial charge in [-0.05, 0) is 12.1 Å². The second kappa shape index (κ2) is 7.02. The first kappa shape index (κ1) is 15.8. The van der Waals surface area contributed by atoms with Crippen molar-refractivity contribution in [2.45, 2.75) is 0 Å². The van der Waals surface area contributed by atoms with Crippen molar-refractivity contribution < 1.29 is 8.78 Å². The Morgan fingerprint density at radius 3 is 2.67 bits per heavy atom. The van der Waals surface area contributed by atoms with Crippen molar-refractivity contribution in [3.05, 3.63) is 76.8 Å². The van der Waals surface area contributed by atoms with E-state index in [9.17, 15) is 14.0 Å². The summed E-state index contributed by atoms with van der Waals surface area (Å²) in [4.78, 5) is 4.43. The molecule has 0 aliphatic carbocycles. The minimum atomic E-state index is -0.729. The molecule has 0 fully saturated rings. The van der Waals surface area contributed by atoms with Crippen LogP contribution in [0.2, 0.25) is 0 Å². The number of thiazole rings is 1. The predicted molar refractivity (Wildman–Crippen MR) is 91.1 cm³/mol. The highest BCUT2D eigenvalue weighted by Gasteiger charge is 2.09. The van der Waals surface area contributed by atoms with E-state index in [0.29, 0.717) is 5.01 Å². The Morgan fingerprint density at radius 1 is 1.17 bits per heavy atom. The number of anilines is 1. The van der Waals surface area contributed by atoms with Gasteiger partial charge in [0.05, 0.1) is 11.4 Å². The van der Waals surface area contributed by atoms with Crippen LogP contribution in [0.4, 0.5) is 14.5 Å². The smallest absolute Gasteiger partial charge is 0.149 e. The molecule has 24 heavy (non-hydrogen) atoms. The zero-order valence-corrected chi connectivity index (χ0v) is 13.1. The van der Waals surface area contributed by atoms with Crippen LogP contribution in [0.3, 0.4) is 0 Å². The third kappa shape index (κ3) is 3.47. The molecule has 1 N–H and O–H groups in total. The van der Waals surface area contributed by atoms with E-state index in [2.05, 4.69) is 10.3 Å². The van der Waals surface area contributed by atoms with Crippen LogP contribution in [0, 0.1) is 23.0 Å². The van der Waals surface area contributed by atoms with E-state index in [-0.39, 0.29) is 11.3 Å². The molecule has 0 bridgehead atoms. The summed E-state index contributed by atoms with van der Waals surface area (Å²) in [6.07, 6.45) is 1.37. The summed E-state index contributed by atoms with van der Waals surface area (Å²) in [5.41, 5.74) is 2.08. The van der Waals surface area contributed by atoms with Crippen molar-refractivity contribution in [3.8, 4) is 17.3 Å². The van der Waals surface area contributed by atoms with Gasteiger partial charge in [-0.3, -0.25) is 0 Å². The highest BCUT2D eigenvalue weighted by Crippen LogP contribution is 2.26. The number of nitriles is 1. The van der Waals surface area contributed by atoms with E-state index in [4.69, 9.17) is 0 Å². The molecule has 1 aromatic heterocycles. The van der Waals surface area contributed by atoms with Crippen LogP contribution in [0.25, 0.3) is 16.8 Å². The molecule has 0 saturated carbocycles. The Labute approximate surface area is 141 Å². The quantitative estimate of drug-likeness (QED) is 0.676. The molecule has 3 rings (SSSR count). The van der Waals surface area contributed by atoms with Crippen LogP contribution >= 0.6 is 11.3 Å². The number of nitrogens with one attached hydrogen (secondary N) is 1. The van der Waals surface area contributed by atoms with Gasteiger partial charge in [-0.1, -0.05) is 30.3 Å². The summed E-state index contributed by atoms with van der Waals surface area (Å²) in [6.45, 7) is 0. The predicted octanol–water partition coefficient (Wildman–Crippen LogP) is 5.06. The Morgan fingerprint density at radius 2 is 1.96 bits per heavy atom. The molecule has 1 heterocycles. The number of benzene rings is 2. The highest BCUT2D eigenvalue weighted by molar-refractivity contribution is 7.11. The molecule has 6 heteroatoms. The zero-order valence-electron chi connectivity index (χ0n) is 12.3. The van der Waals surface area contributed by atoms with Gasteiger partial charge in [-0.15, -0.1) is 11.3 Å². The van der Waals surface area contributed by atoms with E-state index in [1.165, 1.54) is 23.6 Å². The fourth-order valence-electron chi connectivity index (χ4n) is 2.04. The van der Waals surface area contributed by atoms with Crippen molar-refractivity contribution in [3.63, 3.8) is 0 Å². The molecule has 0 atom stereocenters. The topological polar surface area (TPSA) is 48.7 Å². The third-order valence-electron chi connectivity index (χ3n) is 3.23. The van der Waals surface area contributed by atoms with Crippen LogP contribution in [-0.2, 0) is 0 Å². The molecular weight excluding hydrogens is 328 g/mol. The maximum Gasteiger partial charge on any atom is 0.149 e. The first-order valence-corrected chi connectivity index (χ1v) is 7.88. The van der Waals surface area contributed by atoms with Gasteiger partial charge < -0.3 is 5.32 Å². The van der Waals surface area contributed by atoms with Crippen LogP contribution in [-0.4, -0.2) is 4.98 Å². The molecule has 0 aliphatic rings. The average molecular weight is 339 g/mol. The molecule has 118 valence electrons. The maximum atomic E-state index is 13.6. The largest absolute Gasteiger partial charge is 0.358 e. The van der Waals surface area contributed by atoms with Gasteiger partial charge in [-0.25, -0.2) is 13.8 Å². The van der Waals surface area contributed by atoms with Crippen LogP contribution in [0.1, 0.15) is 5.01 Å². The number of aromatic nitrogens is 1. The SMILES string of the molecule is N#CC(=CNc1ccc(F)cc1F)c1nc(-c2ccccc2)cs1. The summed E-state index contributed by atoms with van der Waals surface area (Å²) < 4.78 is 26.5. The van der Waals surface area contributed by atoms with Gasteiger partial charge in [0.1, 0.15) is 28.3 Å². The fourth-order valence-corrected chi connectivity index (χ4v) is 2.83. The van der Waals surface area contributed by atoms with Gasteiger partial charge in [0.25, 0.3) is 0 Å². The Kier molecular flexibility index (Phi) is 4.64. The Balaban J connectivity index is 1.84. The van der Waals surface area contributed by atoms with Crippen molar-refractivity contribution in [1.29, 1.82) is 5.26 Å². The molecule has 0 amide bonds. The Hall–Kier alpha value is -3.04. The third-order valence-corrected chi connectivity index (χ3v) is 4.10. The normalized spacial score (nSPS) is 11.1. The summed E-state index contributed by atoms with van der Waals surface area (Å²) in [6, 6.07) is 14.8. The molecule has 0 saturated heterocycles. The number of hydrogen-bond acceptors (Lipinski definition) is 4. The molecule has 0 unspecified atom stereocenters. The summed E-state index contributed by atoms with van der Waals surface area (Å²) in [7, 11) is 0. The molecule has 3 aromatic rings. The summed E-state index contributed by atoms with van der Waals surface area (Å²) in [5, 5.41) is 14.4.